The van der Waals surface area contributed by atoms with E-state index >= 15 is 0 Å². The maximum absolute atomic E-state index is 12.9. The van der Waals surface area contributed by atoms with E-state index in [0.717, 1.165) is 51.1 Å². The van der Waals surface area contributed by atoms with Crippen molar-refractivity contribution in [1.29, 1.82) is 0 Å². The Bertz CT molecular complexity index is 834. The summed E-state index contributed by atoms with van der Waals surface area (Å²) in [6, 6.07) is 11.4. The highest BCUT2D eigenvalue weighted by Gasteiger charge is 2.49. The van der Waals surface area contributed by atoms with Gasteiger partial charge in [-0.1, -0.05) is 30.3 Å². The second-order valence-corrected chi connectivity index (χ2v) is 8.83. The monoisotopic (exact) mass is 379 g/mol. The molecule has 3 saturated heterocycles. The van der Waals surface area contributed by atoms with Crippen LogP contribution >= 0.6 is 0 Å². The van der Waals surface area contributed by atoms with Crippen LogP contribution in [0.1, 0.15) is 37.1 Å². The number of piperidine rings is 3. The SMILES string of the molecule is Cn1cnnc1CN1C[C@H]2C[C@@H](C1)[C@H](Cc1ccccc1)N1C(=O)CCC[C@@H]21. The predicted octanol–water partition coefficient (Wildman–Crippen LogP) is 2.26. The number of fused-ring (bicyclic) bond motifs is 4. The molecule has 1 amide bonds. The molecular weight excluding hydrogens is 350 g/mol. The summed E-state index contributed by atoms with van der Waals surface area (Å²) in [4.78, 5) is 17.8. The summed E-state index contributed by atoms with van der Waals surface area (Å²) in [5.74, 6) is 2.53. The molecule has 28 heavy (non-hydrogen) atoms. The van der Waals surface area contributed by atoms with Gasteiger partial charge in [-0.25, -0.2) is 0 Å². The summed E-state index contributed by atoms with van der Waals surface area (Å²) in [6.07, 6.45) is 6.93. The van der Waals surface area contributed by atoms with Crippen molar-refractivity contribution in [2.24, 2.45) is 18.9 Å². The van der Waals surface area contributed by atoms with Crippen molar-refractivity contribution in [1.82, 2.24) is 24.6 Å². The molecule has 6 nitrogen and oxygen atoms in total. The molecule has 6 heteroatoms. The van der Waals surface area contributed by atoms with Gasteiger partial charge in [-0.2, -0.15) is 0 Å². The minimum absolute atomic E-state index is 0.318. The van der Waals surface area contributed by atoms with Gasteiger partial charge in [-0.15, -0.1) is 10.2 Å². The van der Waals surface area contributed by atoms with Crippen molar-refractivity contribution in [2.75, 3.05) is 13.1 Å². The first-order chi connectivity index (χ1) is 13.7. The standard InChI is InChI=1S/C22H29N5O/c1-25-15-23-24-21(25)14-26-12-17-11-18(13-26)20(10-16-6-3-2-4-7-16)27-19(17)8-5-9-22(27)28/h2-4,6-7,15,17-20H,5,8-14H2,1H3/t17-,18+,19+,20+/m1/s1. The van der Waals surface area contributed by atoms with Gasteiger partial charge in [0.15, 0.2) is 0 Å². The highest BCUT2D eigenvalue weighted by molar-refractivity contribution is 5.78. The van der Waals surface area contributed by atoms with Crippen LogP contribution in [-0.4, -0.2) is 55.6 Å². The average molecular weight is 380 g/mol. The van der Waals surface area contributed by atoms with E-state index in [4.69, 9.17) is 0 Å². The van der Waals surface area contributed by atoms with Gasteiger partial charge in [0.2, 0.25) is 5.91 Å². The van der Waals surface area contributed by atoms with Crippen LogP contribution in [0.3, 0.4) is 0 Å². The van der Waals surface area contributed by atoms with Crippen molar-refractivity contribution in [3.63, 3.8) is 0 Å². The second kappa shape index (κ2) is 7.32. The van der Waals surface area contributed by atoms with E-state index in [0.29, 0.717) is 29.8 Å². The summed E-state index contributed by atoms with van der Waals surface area (Å²) < 4.78 is 2.02. The van der Waals surface area contributed by atoms with Crippen molar-refractivity contribution in [2.45, 2.75) is 50.7 Å². The third-order valence-electron chi connectivity index (χ3n) is 7.03. The van der Waals surface area contributed by atoms with E-state index in [1.54, 1.807) is 6.33 Å². The van der Waals surface area contributed by atoms with Crippen molar-refractivity contribution in [3.05, 3.63) is 48.0 Å². The number of aryl methyl sites for hydroxylation is 1. The molecule has 0 N–H and O–H groups in total. The molecule has 0 spiro atoms. The Labute approximate surface area is 166 Å². The predicted molar refractivity (Wildman–Crippen MR) is 106 cm³/mol. The summed E-state index contributed by atoms with van der Waals surface area (Å²) >= 11 is 0. The van der Waals surface area contributed by atoms with Crippen molar-refractivity contribution >= 4 is 5.91 Å². The van der Waals surface area contributed by atoms with Crippen LogP contribution in [0.5, 0.6) is 0 Å². The fraction of sp³-hybridized carbons (Fsp3) is 0.591. The topological polar surface area (TPSA) is 54.3 Å². The molecule has 0 unspecified atom stereocenters. The van der Waals surface area contributed by atoms with Gasteiger partial charge in [0.05, 0.1) is 6.54 Å². The Hall–Kier alpha value is -2.21. The van der Waals surface area contributed by atoms with Crippen LogP contribution in [-0.2, 0) is 24.8 Å². The summed E-state index contributed by atoms with van der Waals surface area (Å²) in [5.41, 5.74) is 1.34. The first-order valence-corrected chi connectivity index (χ1v) is 10.6. The summed E-state index contributed by atoms with van der Waals surface area (Å²) in [5, 5.41) is 8.33. The number of carbonyl (C=O) groups excluding carboxylic acids is 1. The Morgan fingerprint density at radius 1 is 1.14 bits per heavy atom. The number of carbonyl (C=O) groups is 1. The molecule has 148 valence electrons. The molecule has 4 atom stereocenters. The number of aromatic nitrogens is 3. The molecule has 2 aromatic rings. The van der Waals surface area contributed by atoms with Crippen LogP contribution in [0.4, 0.5) is 0 Å². The molecule has 2 bridgehead atoms. The Balaban J connectivity index is 1.41. The highest BCUT2D eigenvalue weighted by atomic mass is 16.2. The number of rotatable bonds is 4. The van der Waals surface area contributed by atoms with E-state index in [-0.39, 0.29) is 0 Å². The van der Waals surface area contributed by atoms with E-state index in [1.807, 2.05) is 11.6 Å². The fourth-order valence-corrected chi connectivity index (χ4v) is 5.77. The zero-order chi connectivity index (χ0) is 19.1. The van der Waals surface area contributed by atoms with Crippen LogP contribution < -0.4 is 0 Å². The number of likely N-dealkylation sites (tertiary alicyclic amines) is 1. The molecule has 5 rings (SSSR count). The normalized spacial score (nSPS) is 30.3. The minimum Gasteiger partial charge on any atom is -0.336 e. The lowest BCUT2D eigenvalue weighted by Crippen LogP contribution is -2.65. The smallest absolute Gasteiger partial charge is 0.223 e. The van der Waals surface area contributed by atoms with Gasteiger partial charge >= 0.3 is 0 Å². The number of hydrogen-bond acceptors (Lipinski definition) is 4. The van der Waals surface area contributed by atoms with Crippen LogP contribution in [0.15, 0.2) is 36.7 Å². The molecule has 0 saturated carbocycles. The van der Waals surface area contributed by atoms with Crippen LogP contribution in [0.2, 0.25) is 0 Å². The first kappa shape index (κ1) is 17.9. The number of hydrogen-bond donors (Lipinski definition) is 0. The van der Waals surface area contributed by atoms with Crippen molar-refractivity contribution in [3.8, 4) is 0 Å². The van der Waals surface area contributed by atoms with Gasteiger partial charge in [-0.05, 0) is 43.1 Å². The van der Waals surface area contributed by atoms with Gasteiger partial charge in [0.25, 0.3) is 0 Å². The molecule has 3 aliphatic rings. The molecule has 3 aliphatic heterocycles. The van der Waals surface area contributed by atoms with Gasteiger partial charge in [0.1, 0.15) is 12.2 Å². The maximum Gasteiger partial charge on any atom is 0.223 e. The van der Waals surface area contributed by atoms with Crippen molar-refractivity contribution < 1.29 is 4.79 Å². The third-order valence-corrected chi connectivity index (χ3v) is 7.03. The van der Waals surface area contributed by atoms with Crippen LogP contribution in [0.25, 0.3) is 0 Å². The molecule has 1 aromatic heterocycles. The lowest BCUT2D eigenvalue weighted by Gasteiger charge is -2.56. The van der Waals surface area contributed by atoms with Gasteiger partial charge in [0, 0.05) is 38.6 Å². The Morgan fingerprint density at radius 3 is 2.75 bits per heavy atom. The molecule has 3 fully saturated rings. The molecule has 4 heterocycles. The lowest BCUT2D eigenvalue weighted by atomic mass is 9.71. The number of nitrogens with zero attached hydrogens (tertiary/aromatic N) is 5. The highest BCUT2D eigenvalue weighted by Crippen LogP contribution is 2.42. The zero-order valence-corrected chi connectivity index (χ0v) is 16.6. The third kappa shape index (κ3) is 3.24. The number of amides is 1. The Morgan fingerprint density at radius 2 is 1.96 bits per heavy atom. The molecular formula is C22H29N5O. The van der Waals surface area contributed by atoms with E-state index < -0.39 is 0 Å². The number of benzene rings is 1. The largest absolute Gasteiger partial charge is 0.336 e. The molecule has 0 aliphatic carbocycles. The van der Waals surface area contributed by atoms with E-state index in [2.05, 4.69) is 50.3 Å². The van der Waals surface area contributed by atoms with Crippen LogP contribution in [0, 0.1) is 11.8 Å². The maximum atomic E-state index is 12.9. The van der Waals surface area contributed by atoms with Gasteiger partial charge in [-0.3, -0.25) is 9.69 Å². The second-order valence-electron chi connectivity index (χ2n) is 8.83. The first-order valence-electron chi connectivity index (χ1n) is 10.6. The molecule has 0 radical (unpaired) electrons. The Kier molecular flexibility index (Phi) is 4.67. The summed E-state index contributed by atoms with van der Waals surface area (Å²) in [6.45, 7) is 2.95. The average Bonchev–Trinajstić information content (AvgIpc) is 3.10. The minimum atomic E-state index is 0.318. The quantitative estimate of drug-likeness (QED) is 0.818. The zero-order valence-electron chi connectivity index (χ0n) is 16.6. The lowest BCUT2D eigenvalue weighted by molar-refractivity contribution is -0.152. The molecule has 1 aromatic carbocycles. The van der Waals surface area contributed by atoms with E-state index in [1.165, 1.54) is 12.0 Å². The summed E-state index contributed by atoms with van der Waals surface area (Å²) in [7, 11) is 2.01. The fourth-order valence-electron chi connectivity index (χ4n) is 5.77. The van der Waals surface area contributed by atoms with E-state index in [9.17, 15) is 4.79 Å². The van der Waals surface area contributed by atoms with Gasteiger partial charge < -0.3 is 9.47 Å².